The summed E-state index contributed by atoms with van der Waals surface area (Å²) in [5.74, 6) is 0.751. The zero-order valence-corrected chi connectivity index (χ0v) is 12.9. The van der Waals surface area contributed by atoms with Crippen molar-refractivity contribution in [3.8, 4) is 10.6 Å². The molecule has 108 valence electrons. The second-order valence-corrected chi connectivity index (χ2v) is 6.06. The van der Waals surface area contributed by atoms with Crippen LogP contribution in [-0.4, -0.2) is 24.6 Å². The van der Waals surface area contributed by atoms with Crippen LogP contribution >= 0.6 is 22.9 Å². The van der Waals surface area contributed by atoms with Gasteiger partial charge in [0.15, 0.2) is 11.5 Å². The first-order chi connectivity index (χ1) is 10.8. The smallest absolute Gasteiger partial charge is 0.182 e. The SMILES string of the molecule is Clc1ccc(Cc2nc3c(-c4cncs4)nccn3n2)cc1. The summed E-state index contributed by atoms with van der Waals surface area (Å²) in [7, 11) is 0. The highest BCUT2D eigenvalue weighted by molar-refractivity contribution is 7.13. The van der Waals surface area contributed by atoms with E-state index in [0.717, 1.165) is 32.6 Å². The number of thiazole rings is 1. The van der Waals surface area contributed by atoms with Crippen molar-refractivity contribution < 1.29 is 0 Å². The van der Waals surface area contributed by atoms with Gasteiger partial charge in [-0.1, -0.05) is 23.7 Å². The van der Waals surface area contributed by atoms with Crippen molar-refractivity contribution in [1.29, 1.82) is 0 Å². The molecule has 0 fully saturated rings. The molecule has 0 spiro atoms. The Morgan fingerprint density at radius 1 is 1.18 bits per heavy atom. The minimum atomic E-state index is 0.654. The molecule has 4 aromatic rings. The number of halogens is 1. The molecule has 0 aliphatic carbocycles. The Labute approximate surface area is 135 Å². The summed E-state index contributed by atoms with van der Waals surface area (Å²) in [6, 6.07) is 7.71. The first kappa shape index (κ1) is 13.4. The minimum absolute atomic E-state index is 0.654. The average Bonchev–Trinajstić information content (AvgIpc) is 3.18. The van der Waals surface area contributed by atoms with Crippen LogP contribution in [0.3, 0.4) is 0 Å². The summed E-state index contributed by atoms with van der Waals surface area (Å²) >= 11 is 7.44. The van der Waals surface area contributed by atoms with Gasteiger partial charge in [-0.3, -0.25) is 4.98 Å². The molecular formula is C15H10ClN5S. The van der Waals surface area contributed by atoms with Crippen LogP contribution < -0.4 is 0 Å². The van der Waals surface area contributed by atoms with Crippen molar-refractivity contribution in [2.24, 2.45) is 0 Å². The Hall–Kier alpha value is -2.31. The van der Waals surface area contributed by atoms with E-state index in [4.69, 9.17) is 11.6 Å². The molecule has 3 aromatic heterocycles. The van der Waals surface area contributed by atoms with E-state index in [2.05, 4.69) is 20.1 Å². The van der Waals surface area contributed by atoms with E-state index >= 15 is 0 Å². The van der Waals surface area contributed by atoms with Crippen molar-refractivity contribution in [2.75, 3.05) is 0 Å². The van der Waals surface area contributed by atoms with Gasteiger partial charge < -0.3 is 0 Å². The molecule has 4 rings (SSSR count). The molecule has 0 unspecified atom stereocenters. The van der Waals surface area contributed by atoms with Crippen LogP contribution in [0, 0.1) is 0 Å². The Morgan fingerprint density at radius 2 is 2.05 bits per heavy atom. The number of nitrogens with zero attached hydrogens (tertiary/aromatic N) is 5. The Bertz CT molecular complexity index is 915. The highest BCUT2D eigenvalue weighted by atomic mass is 35.5. The van der Waals surface area contributed by atoms with Crippen LogP contribution in [-0.2, 0) is 6.42 Å². The number of hydrogen-bond donors (Lipinski definition) is 0. The molecule has 0 N–H and O–H groups in total. The third-order valence-corrected chi connectivity index (χ3v) is 4.27. The van der Waals surface area contributed by atoms with Crippen molar-refractivity contribution in [1.82, 2.24) is 24.6 Å². The monoisotopic (exact) mass is 327 g/mol. The molecule has 0 atom stereocenters. The van der Waals surface area contributed by atoms with Gasteiger partial charge in [0, 0.05) is 30.0 Å². The summed E-state index contributed by atoms with van der Waals surface area (Å²) in [4.78, 5) is 14.1. The second kappa shape index (κ2) is 5.47. The minimum Gasteiger partial charge on any atom is -0.252 e. The van der Waals surface area contributed by atoms with Crippen LogP contribution in [0.25, 0.3) is 16.2 Å². The Balaban J connectivity index is 1.74. The van der Waals surface area contributed by atoms with Crippen LogP contribution in [0.5, 0.6) is 0 Å². The lowest BCUT2D eigenvalue weighted by Gasteiger charge is -1.96. The first-order valence-corrected chi connectivity index (χ1v) is 7.89. The van der Waals surface area contributed by atoms with E-state index in [1.165, 1.54) is 11.3 Å². The lowest BCUT2D eigenvalue weighted by Crippen LogP contribution is -1.92. The summed E-state index contributed by atoms with van der Waals surface area (Å²) < 4.78 is 1.76. The number of hydrogen-bond acceptors (Lipinski definition) is 5. The maximum absolute atomic E-state index is 5.91. The fraction of sp³-hybridized carbons (Fsp3) is 0.0667. The summed E-state index contributed by atoms with van der Waals surface area (Å²) in [5, 5.41) is 5.24. The molecular weight excluding hydrogens is 318 g/mol. The largest absolute Gasteiger partial charge is 0.252 e. The van der Waals surface area contributed by atoms with E-state index in [0.29, 0.717) is 6.42 Å². The van der Waals surface area contributed by atoms with Gasteiger partial charge in [-0.25, -0.2) is 14.5 Å². The van der Waals surface area contributed by atoms with Gasteiger partial charge in [0.05, 0.1) is 10.4 Å². The third kappa shape index (κ3) is 2.47. The standard InChI is InChI=1S/C15H10ClN5S/c16-11-3-1-10(2-4-11)7-13-19-15-14(12-8-17-9-22-12)18-5-6-21(15)20-13/h1-6,8-9H,7H2. The number of aromatic nitrogens is 5. The molecule has 5 nitrogen and oxygen atoms in total. The number of rotatable bonds is 3. The number of benzene rings is 1. The molecule has 0 saturated heterocycles. The predicted molar refractivity (Wildman–Crippen MR) is 86.1 cm³/mol. The zero-order chi connectivity index (χ0) is 14.9. The first-order valence-electron chi connectivity index (χ1n) is 6.63. The molecule has 1 aromatic carbocycles. The van der Waals surface area contributed by atoms with Gasteiger partial charge in [-0.15, -0.1) is 11.3 Å². The van der Waals surface area contributed by atoms with E-state index in [1.807, 2.05) is 24.3 Å². The Kier molecular flexibility index (Phi) is 3.32. The van der Waals surface area contributed by atoms with E-state index < -0.39 is 0 Å². The van der Waals surface area contributed by atoms with Gasteiger partial charge in [0.2, 0.25) is 0 Å². The van der Waals surface area contributed by atoms with Gasteiger partial charge >= 0.3 is 0 Å². The van der Waals surface area contributed by atoms with Crippen molar-refractivity contribution in [2.45, 2.75) is 6.42 Å². The lowest BCUT2D eigenvalue weighted by molar-refractivity contribution is 0.894. The second-order valence-electron chi connectivity index (χ2n) is 4.74. The molecule has 3 heterocycles. The van der Waals surface area contributed by atoms with Gasteiger partial charge in [-0.2, -0.15) is 5.10 Å². The molecule has 22 heavy (non-hydrogen) atoms. The maximum Gasteiger partial charge on any atom is 0.182 e. The number of fused-ring (bicyclic) bond motifs is 1. The molecule has 0 bridgehead atoms. The van der Waals surface area contributed by atoms with Gasteiger partial charge in [0.25, 0.3) is 0 Å². The zero-order valence-electron chi connectivity index (χ0n) is 11.3. The van der Waals surface area contributed by atoms with Crippen molar-refractivity contribution >= 4 is 28.6 Å². The van der Waals surface area contributed by atoms with Crippen LogP contribution in [0.15, 0.2) is 48.4 Å². The summed E-state index contributed by atoms with van der Waals surface area (Å²) in [6.45, 7) is 0. The van der Waals surface area contributed by atoms with E-state index in [1.54, 1.807) is 28.6 Å². The maximum atomic E-state index is 5.91. The molecule has 0 amide bonds. The normalized spacial score (nSPS) is 11.1. The fourth-order valence-electron chi connectivity index (χ4n) is 2.23. The van der Waals surface area contributed by atoms with Gasteiger partial charge in [-0.05, 0) is 17.7 Å². The highest BCUT2D eigenvalue weighted by Crippen LogP contribution is 2.24. The Morgan fingerprint density at radius 3 is 2.82 bits per heavy atom. The van der Waals surface area contributed by atoms with Crippen molar-refractivity contribution in [3.63, 3.8) is 0 Å². The lowest BCUT2D eigenvalue weighted by atomic mass is 10.1. The van der Waals surface area contributed by atoms with Crippen LogP contribution in [0.1, 0.15) is 11.4 Å². The average molecular weight is 328 g/mol. The van der Waals surface area contributed by atoms with Crippen LogP contribution in [0.2, 0.25) is 5.02 Å². The summed E-state index contributed by atoms with van der Waals surface area (Å²) in [5.41, 5.74) is 4.45. The quantitative estimate of drug-likeness (QED) is 0.578. The van der Waals surface area contributed by atoms with Gasteiger partial charge in [0.1, 0.15) is 5.69 Å². The molecule has 0 saturated carbocycles. The fourth-order valence-corrected chi connectivity index (χ4v) is 2.97. The van der Waals surface area contributed by atoms with E-state index in [9.17, 15) is 0 Å². The molecule has 0 aliphatic rings. The van der Waals surface area contributed by atoms with Crippen LogP contribution in [0.4, 0.5) is 0 Å². The molecule has 0 aliphatic heterocycles. The predicted octanol–water partition coefficient (Wildman–Crippen LogP) is 3.49. The summed E-state index contributed by atoms with van der Waals surface area (Å²) in [6.07, 6.45) is 5.97. The third-order valence-electron chi connectivity index (χ3n) is 3.24. The molecule has 0 radical (unpaired) electrons. The van der Waals surface area contributed by atoms with E-state index in [-0.39, 0.29) is 0 Å². The molecule has 7 heteroatoms. The van der Waals surface area contributed by atoms with Crippen molar-refractivity contribution in [3.05, 3.63) is 64.8 Å². The topological polar surface area (TPSA) is 56.0 Å². The highest BCUT2D eigenvalue weighted by Gasteiger charge is 2.12.